The molecule has 1 saturated heterocycles. The highest BCUT2D eigenvalue weighted by Gasteiger charge is 2.28. The fourth-order valence-corrected chi connectivity index (χ4v) is 2.06. The predicted octanol–water partition coefficient (Wildman–Crippen LogP) is 0.623. The molecule has 1 aromatic rings. The average molecular weight is 260 g/mol. The Morgan fingerprint density at radius 2 is 2.00 bits per heavy atom. The first-order chi connectivity index (χ1) is 9.11. The number of aldehydes is 1. The van der Waals surface area contributed by atoms with Crippen molar-refractivity contribution in [2.45, 2.75) is 12.8 Å². The molecule has 0 saturated carbocycles. The van der Waals surface area contributed by atoms with E-state index in [1.54, 1.807) is 13.1 Å². The van der Waals surface area contributed by atoms with Gasteiger partial charge in [-0.05, 0) is 24.1 Å². The molecule has 1 aliphatic heterocycles. The van der Waals surface area contributed by atoms with Crippen LogP contribution in [0.2, 0.25) is 0 Å². The molecule has 1 aromatic carbocycles. The molecule has 1 fully saturated rings. The van der Waals surface area contributed by atoms with Crippen LogP contribution in [0.15, 0.2) is 24.3 Å². The van der Waals surface area contributed by atoms with E-state index >= 15 is 0 Å². The van der Waals surface area contributed by atoms with Crippen LogP contribution in [0.25, 0.3) is 0 Å². The van der Waals surface area contributed by atoms with Crippen LogP contribution in [-0.2, 0) is 20.8 Å². The Balaban J connectivity index is 2.18. The van der Waals surface area contributed by atoms with Crippen molar-refractivity contribution in [3.63, 3.8) is 0 Å². The van der Waals surface area contributed by atoms with Gasteiger partial charge in [-0.1, -0.05) is 12.1 Å². The second-order valence-corrected chi connectivity index (χ2v) is 4.60. The molecule has 5 nitrogen and oxygen atoms in total. The summed E-state index contributed by atoms with van der Waals surface area (Å²) in [7, 11) is 1.62. The molecule has 0 radical (unpaired) electrons. The van der Waals surface area contributed by atoms with Crippen molar-refractivity contribution in [3.8, 4) is 0 Å². The monoisotopic (exact) mass is 260 g/mol. The standard InChI is InChI=1S/C14H16N2O3/c1-15-9-14(19)16(10-13(15)18)12-6-2-4-11(8-12)5-3-7-17/h2,4,6-8H,3,5,9-10H2,1H3. The maximum atomic E-state index is 12.0. The third kappa shape index (κ3) is 2.99. The number of rotatable bonds is 4. The Morgan fingerprint density at radius 3 is 2.74 bits per heavy atom. The van der Waals surface area contributed by atoms with E-state index in [4.69, 9.17) is 0 Å². The van der Waals surface area contributed by atoms with Gasteiger partial charge in [-0.3, -0.25) is 9.59 Å². The van der Waals surface area contributed by atoms with Gasteiger partial charge in [-0.2, -0.15) is 0 Å². The van der Waals surface area contributed by atoms with Crippen LogP contribution >= 0.6 is 0 Å². The smallest absolute Gasteiger partial charge is 0.247 e. The van der Waals surface area contributed by atoms with E-state index in [0.29, 0.717) is 12.8 Å². The van der Waals surface area contributed by atoms with Gasteiger partial charge in [-0.15, -0.1) is 0 Å². The summed E-state index contributed by atoms with van der Waals surface area (Å²) < 4.78 is 0. The molecule has 1 heterocycles. The normalized spacial score (nSPS) is 15.8. The molecule has 2 amide bonds. The van der Waals surface area contributed by atoms with Crippen molar-refractivity contribution in [1.82, 2.24) is 4.90 Å². The summed E-state index contributed by atoms with van der Waals surface area (Å²) in [6, 6.07) is 7.42. The number of likely N-dealkylation sites (N-methyl/N-ethyl adjacent to an activating group) is 1. The lowest BCUT2D eigenvalue weighted by molar-refractivity contribution is -0.136. The molecule has 0 bridgehead atoms. The SMILES string of the molecule is CN1CC(=O)N(c2cccc(CCC=O)c2)CC1=O. The lowest BCUT2D eigenvalue weighted by Crippen LogP contribution is -2.52. The number of benzene rings is 1. The van der Waals surface area contributed by atoms with Gasteiger partial charge < -0.3 is 14.6 Å². The molecule has 0 aliphatic carbocycles. The Morgan fingerprint density at radius 1 is 1.21 bits per heavy atom. The van der Waals surface area contributed by atoms with E-state index in [0.717, 1.165) is 17.5 Å². The maximum absolute atomic E-state index is 12.0. The number of piperazine rings is 1. The predicted molar refractivity (Wildman–Crippen MR) is 70.8 cm³/mol. The first-order valence-corrected chi connectivity index (χ1v) is 6.18. The van der Waals surface area contributed by atoms with Crippen molar-refractivity contribution in [3.05, 3.63) is 29.8 Å². The maximum Gasteiger partial charge on any atom is 0.247 e. The topological polar surface area (TPSA) is 57.7 Å². The summed E-state index contributed by atoms with van der Waals surface area (Å²) in [5.41, 5.74) is 1.71. The van der Waals surface area contributed by atoms with Crippen molar-refractivity contribution in [1.29, 1.82) is 0 Å². The second kappa shape index (κ2) is 5.65. The number of amides is 2. The van der Waals surface area contributed by atoms with Crippen LogP contribution in [0.5, 0.6) is 0 Å². The van der Waals surface area contributed by atoms with Gasteiger partial charge in [0.15, 0.2) is 0 Å². The number of hydrogen-bond acceptors (Lipinski definition) is 3. The summed E-state index contributed by atoms with van der Waals surface area (Å²) in [6.07, 6.45) is 1.98. The molecule has 0 atom stereocenters. The van der Waals surface area contributed by atoms with Crippen LogP contribution in [-0.4, -0.2) is 43.1 Å². The number of anilines is 1. The minimum Gasteiger partial charge on any atom is -0.335 e. The molecule has 2 rings (SSSR count). The quantitative estimate of drug-likeness (QED) is 0.746. The molecule has 100 valence electrons. The Kier molecular flexibility index (Phi) is 3.94. The zero-order chi connectivity index (χ0) is 13.8. The van der Waals surface area contributed by atoms with Crippen molar-refractivity contribution >= 4 is 23.8 Å². The van der Waals surface area contributed by atoms with Gasteiger partial charge in [0.05, 0.1) is 6.54 Å². The molecule has 0 unspecified atom stereocenters. The third-order valence-electron chi connectivity index (χ3n) is 3.17. The highest BCUT2D eigenvalue weighted by molar-refractivity contribution is 6.04. The van der Waals surface area contributed by atoms with E-state index in [1.807, 2.05) is 18.2 Å². The molecule has 5 heteroatoms. The van der Waals surface area contributed by atoms with E-state index in [-0.39, 0.29) is 24.9 Å². The van der Waals surface area contributed by atoms with E-state index in [1.165, 1.54) is 9.80 Å². The zero-order valence-corrected chi connectivity index (χ0v) is 10.8. The van der Waals surface area contributed by atoms with Crippen LogP contribution in [0.1, 0.15) is 12.0 Å². The van der Waals surface area contributed by atoms with Crippen molar-refractivity contribution in [2.75, 3.05) is 25.0 Å². The number of aryl methyl sites for hydroxylation is 1. The molecular weight excluding hydrogens is 244 g/mol. The highest BCUT2D eigenvalue weighted by atomic mass is 16.2. The first-order valence-electron chi connectivity index (χ1n) is 6.18. The minimum atomic E-state index is -0.0883. The van der Waals surface area contributed by atoms with Crippen molar-refractivity contribution < 1.29 is 14.4 Å². The lowest BCUT2D eigenvalue weighted by atomic mass is 10.1. The fraction of sp³-hybridized carbons (Fsp3) is 0.357. The average Bonchev–Trinajstić information content (AvgIpc) is 2.41. The van der Waals surface area contributed by atoms with Crippen LogP contribution in [0.3, 0.4) is 0 Å². The van der Waals surface area contributed by atoms with Gasteiger partial charge >= 0.3 is 0 Å². The minimum absolute atomic E-state index is 0.0714. The number of nitrogens with zero attached hydrogens (tertiary/aromatic N) is 2. The van der Waals surface area contributed by atoms with E-state index < -0.39 is 0 Å². The van der Waals surface area contributed by atoms with Crippen molar-refractivity contribution in [2.24, 2.45) is 0 Å². The molecule has 19 heavy (non-hydrogen) atoms. The summed E-state index contributed by atoms with van der Waals surface area (Å²) >= 11 is 0. The molecule has 0 N–H and O–H groups in total. The van der Waals surface area contributed by atoms with E-state index in [9.17, 15) is 14.4 Å². The Bertz CT molecular complexity index is 513. The molecule has 0 spiro atoms. The van der Waals surface area contributed by atoms with Gasteiger partial charge in [0.1, 0.15) is 12.8 Å². The summed E-state index contributed by atoms with van der Waals surface area (Å²) in [5.74, 6) is -0.160. The third-order valence-corrected chi connectivity index (χ3v) is 3.17. The van der Waals surface area contributed by atoms with Gasteiger partial charge in [-0.25, -0.2) is 0 Å². The number of carbonyl (C=O) groups is 3. The van der Waals surface area contributed by atoms with E-state index in [2.05, 4.69) is 0 Å². The Labute approximate surface area is 111 Å². The molecule has 1 aliphatic rings. The first kappa shape index (κ1) is 13.3. The highest BCUT2D eigenvalue weighted by Crippen LogP contribution is 2.19. The molecule has 0 aromatic heterocycles. The van der Waals surface area contributed by atoms with Gasteiger partial charge in [0.2, 0.25) is 11.8 Å². The van der Waals surface area contributed by atoms with Gasteiger partial charge in [0, 0.05) is 19.2 Å². The van der Waals surface area contributed by atoms with Crippen LogP contribution in [0.4, 0.5) is 5.69 Å². The number of carbonyl (C=O) groups excluding carboxylic acids is 3. The van der Waals surface area contributed by atoms with Crippen LogP contribution < -0.4 is 4.90 Å². The number of hydrogen-bond donors (Lipinski definition) is 0. The largest absolute Gasteiger partial charge is 0.335 e. The Hall–Kier alpha value is -2.17. The lowest BCUT2D eigenvalue weighted by Gasteiger charge is -2.31. The summed E-state index contributed by atoms with van der Waals surface area (Å²) in [5, 5.41) is 0. The molecular formula is C14H16N2O3. The second-order valence-electron chi connectivity index (χ2n) is 4.60. The van der Waals surface area contributed by atoms with Crippen LogP contribution in [0, 0.1) is 0 Å². The summed E-state index contributed by atoms with van der Waals surface area (Å²) in [6.45, 7) is 0.184. The van der Waals surface area contributed by atoms with Gasteiger partial charge in [0.25, 0.3) is 0 Å². The summed E-state index contributed by atoms with van der Waals surface area (Å²) in [4.78, 5) is 36.9. The zero-order valence-electron chi connectivity index (χ0n) is 10.8. The fourth-order valence-electron chi connectivity index (χ4n) is 2.06.